The molecule has 0 saturated carbocycles. The Morgan fingerprint density at radius 2 is 1.67 bits per heavy atom. The first-order valence-electron chi connectivity index (χ1n) is 4.61. The maximum atomic E-state index is 13.0. The molecule has 0 fully saturated rings. The number of carbonyl (C=O) groups is 1. The van der Waals surface area contributed by atoms with Crippen LogP contribution in [0.2, 0.25) is 0 Å². The number of hydrogen-bond donors (Lipinski definition) is 2. The summed E-state index contributed by atoms with van der Waals surface area (Å²) in [5.74, 6) is -6.84. The molecule has 0 saturated heterocycles. The molecule has 0 amide bonds. The maximum Gasteiger partial charge on any atom is 0.455 e. The molecule has 3 nitrogen and oxygen atoms in total. The van der Waals surface area contributed by atoms with Gasteiger partial charge >= 0.3 is 18.1 Å². The SMILES string of the molecule is N[C@@H](c1ccccc1C(=O)O)C(F)(F)C(F)(F)F. The van der Waals surface area contributed by atoms with Gasteiger partial charge in [0.1, 0.15) is 6.04 Å². The molecule has 0 aliphatic rings. The van der Waals surface area contributed by atoms with E-state index in [-0.39, 0.29) is 0 Å². The van der Waals surface area contributed by atoms with Gasteiger partial charge in [-0.05, 0) is 11.6 Å². The van der Waals surface area contributed by atoms with Crippen LogP contribution in [-0.2, 0) is 0 Å². The van der Waals surface area contributed by atoms with Gasteiger partial charge < -0.3 is 10.8 Å². The average molecular weight is 269 g/mol. The first kappa shape index (κ1) is 14.4. The summed E-state index contributed by atoms with van der Waals surface area (Å²) in [6.07, 6.45) is -5.85. The fourth-order valence-electron chi connectivity index (χ4n) is 1.33. The van der Waals surface area contributed by atoms with Crippen LogP contribution in [0, 0.1) is 0 Å². The lowest BCUT2D eigenvalue weighted by molar-refractivity contribution is -0.291. The van der Waals surface area contributed by atoms with Crippen LogP contribution in [0.1, 0.15) is 22.0 Å². The Morgan fingerprint density at radius 1 is 1.17 bits per heavy atom. The molecule has 0 aliphatic carbocycles. The van der Waals surface area contributed by atoms with E-state index < -0.39 is 35.2 Å². The normalized spacial score (nSPS) is 14.3. The summed E-state index contributed by atoms with van der Waals surface area (Å²) in [6.45, 7) is 0. The summed E-state index contributed by atoms with van der Waals surface area (Å²) in [7, 11) is 0. The fraction of sp³-hybridized carbons (Fsp3) is 0.300. The molecular formula is C10H8F5NO2. The van der Waals surface area contributed by atoms with Gasteiger partial charge in [-0.25, -0.2) is 4.79 Å². The lowest BCUT2D eigenvalue weighted by Crippen LogP contribution is -2.46. The second-order valence-corrected chi connectivity index (χ2v) is 3.49. The molecule has 8 heteroatoms. The molecule has 100 valence electrons. The van der Waals surface area contributed by atoms with Crippen molar-refractivity contribution in [3.63, 3.8) is 0 Å². The Balaban J connectivity index is 3.27. The Morgan fingerprint density at radius 3 is 2.11 bits per heavy atom. The Labute approximate surface area is 98.0 Å². The van der Waals surface area contributed by atoms with Crippen molar-refractivity contribution in [2.45, 2.75) is 18.1 Å². The molecule has 18 heavy (non-hydrogen) atoms. The molecule has 3 N–H and O–H groups in total. The summed E-state index contributed by atoms with van der Waals surface area (Å²) in [4.78, 5) is 10.7. The van der Waals surface area contributed by atoms with Crippen molar-refractivity contribution >= 4 is 5.97 Å². The third kappa shape index (κ3) is 2.42. The molecule has 1 aromatic rings. The molecule has 1 atom stereocenters. The van der Waals surface area contributed by atoms with Crippen LogP contribution in [0.15, 0.2) is 24.3 Å². The second-order valence-electron chi connectivity index (χ2n) is 3.49. The molecule has 0 heterocycles. The summed E-state index contributed by atoms with van der Waals surface area (Å²) in [5, 5.41) is 8.70. The maximum absolute atomic E-state index is 13.0. The van der Waals surface area contributed by atoms with E-state index in [1.54, 1.807) is 0 Å². The van der Waals surface area contributed by atoms with E-state index in [4.69, 9.17) is 10.8 Å². The van der Waals surface area contributed by atoms with E-state index in [1.165, 1.54) is 6.07 Å². The minimum atomic E-state index is -5.85. The number of benzene rings is 1. The second kappa shape index (κ2) is 4.52. The zero-order chi connectivity index (χ0) is 14.1. The summed E-state index contributed by atoms with van der Waals surface area (Å²) in [6, 6.07) is 1.29. The van der Waals surface area contributed by atoms with Gasteiger partial charge in [0.25, 0.3) is 0 Å². The standard InChI is InChI=1S/C10H8F5NO2/c11-9(12,10(13,14)15)7(16)5-3-1-2-4-6(5)8(17)18/h1-4,7H,16H2,(H,17,18)/t7-/m0/s1. The first-order chi connectivity index (χ1) is 8.09. The zero-order valence-corrected chi connectivity index (χ0v) is 8.71. The third-order valence-electron chi connectivity index (χ3n) is 2.29. The van der Waals surface area contributed by atoms with E-state index in [9.17, 15) is 26.7 Å². The van der Waals surface area contributed by atoms with Crippen LogP contribution < -0.4 is 5.73 Å². The summed E-state index contributed by atoms with van der Waals surface area (Å²) >= 11 is 0. The molecular weight excluding hydrogens is 261 g/mol. The van der Waals surface area contributed by atoms with Crippen LogP contribution >= 0.6 is 0 Å². The van der Waals surface area contributed by atoms with E-state index in [0.717, 1.165) is 18.2 Å². The number of halogens is 5. The molecule has 0 aliphatic heterocycles. The van der Waals surface area contributed by atoms with Crippen molar-refractivity contribution in [1.82, 2.24) is 0 Å². The average Bonchev–Trinajstić information content (AvgIpc) is 2.26. The van der Waals surface area contributed by atoms with Gasteiger partial charge in [-0.1, -0.05) is 18.2 Å². The molecule has 0 spiro atoms. The molecule has 0 bridgehead atoms. The van der Waals surface area contributed by atoms with Gasteiger partial charge in [-0.15, -0.1) is 0 Å². The minimum absolute atomic E-state index is 0.686. The van der Waals surface area contributed by atoms with Gasteiger partial charge in [-0.3, -0.25) is 0 Å². The van der Waals surface area contributed by atoms with Crippen molar-refractivity contribution in [1.29, 1.82) is 0 Å². The number of hydrogen-bond acceptors (Lipinski definition) is 2. The molecule has 1 aromatic carbocycles. The molecule has 1 rings (SSSR count). The lowest BCUT2D eigenvalue weighted by Gasteiger charge is -2.26. The summed E-state index contributed by atoms with van der Waals surface area (Å²) < 4.78 is 62.4. The largest absolute Gasteiger partial charge is 0.478 e. The van der Waals surface area contributed by atoms with Crippen molar-refractivity contribution in [3.8, 4) is 0 Å². The third-order valence-corrected chi connectivity index (χ3v) is 2.29. The first-order valence-corrected chi connectivity index (χ1v) is 4.61. The monoisotopic (exact) mass is 269 g/mol. The quantitative estimate of drug-likeness (QED) is 0.829. The van der Waals surface area contributed by atoms with Crippen molar-refractivity contribution in [2.75, 3.05) is 0 Å². The lowest BCUT2D eigenvalue weighted by atomic mass is 9.96. The smallest absolute Gasteiger partial charge is 0.455 e. The molecule has 0 aromatic heterocycles. The Bertz CT molecular complexity index is 458. The van der Waals surface area contributed by atoms with Gasteiger partial charge in [0.15, 0.2) is 0 Å². The predicted molar refractivity (Wildman–Crippen MR) is 51.3 cm³/mol. The summed E-state index contributed by atoms with van der Waals surface area (Å²) in [5.41, 5.74) is 3.41. The predicted octanol–water partition coefficient (Wildman–Crippen LogP) is 2.58. The Kier molecular flexibility index (Phi) is 3.61. The fourth-order valence-corrected chi connectivity index (χ4v) is 1.33. The van der Waals surface area contributed by atoms with E-state index in [2.05, 4.69) is 0 Å². The van der Waals surface area contributed by atoms with Crippen LogP contribution in [0.4, 0.5) is 22.0 Å². The van der Waals surface area contributed by atoms with Gasteiger partial charge in [0, 0.05) is 0 Å². The Hall–Kier alpha value is -1.70. The zero-order valence-electron chi connectivity index (χ0n) is 8.71. The van der Waals surface area contributed by atoms with Crippen LogP contribution in [0.3, 0.4) is 0 Å². The molecule has 0 radical (unpaired) electrons. The number of nitrogens with two attached hydrogens (primary N) is 1. The molecule has 0 unspecified atom stereocenters. The number of aromatic carboxylic acids is 1. The van der Waals surface area contributed by atoms with Crippen LogP contribution in [0.5, 0.6) is 0 Å². The number of carboxylic acid groups (broad SMARTS) is 1. The van der Waals surface area contributed by atoms with E-state index in [0.29, 0.717) is 0 Å². The van der Waals surface area contributed by atoms with E-state index >= 15 is 0 Å². The number of rotatable bonds is 3. The highest BCUT2D eigenvalue weighted by atomic mass is 19.4. The minimum Gasteiger partial charge on any atom is -0.478 e. The van der Waals surface area contributed by atoms with Crippen molar-refractivity contribution in [2.24, 2.45) is 5.73 Å². The highest BCUT2D eigenvalue weighted by Crippen LogP contribution is 2.43. The number of alkyl halides is 5. The van der Waals surface area contributed by atoms with Gasteiger partial charge in [-0.2, -0.15) is 22.0 Å². The number of carboxylic acids is 1. The van der Waals surface area contributed by atoms with Gasteiger partial charge in [0.2, 0.25) is 0 Å². The van der Waals surface area contributed by atoms with Crippen LogP contribution in [-0.4, -0.2) is 23.2 Å². The van der Waals surface area contributed by atoms with Crippen molar-refractivity contribution in [3.05, 3.63) is 35.4 Å². The van der Waals surface area contributed by atoms with Crippen molar-refractivity contribution < 1.29 is 31.9 Å². The van der Waals surface area contributed by atoms with Crippen LogP contribution in [0.25, 0.3) is 0 Å². The topological polar surface area (TPSA) is 63.3 Å². The van der Waals surface area contributed by atoms with E-state index in [1.807, 2.05) is 0 Å². The highest BCUT2D eigenvalue weighted by Gasteiger charge is 2.62. The van der Waals surface area contributed by atoms with Gasteiger partial charge in [0.05, 0.1) is 5.56 Å². The highest BCUT2D eigenvalue weighted by molar-refractivity contribution is 5.89.